The summed E-state index contributed by atoms with van der Waals surface area (Å²) in [7, 11) is 0. The summed E-state index contributed by atoms with van der Waals surface area (Å²) in [6.07, 6.45) is 1.34. The van der Waals surface area contributed by atoms with Crippen LogP contribution in [0.2, 0.25) is 0 Å². The first-order valence-electron chi connectivity index (χ1n) is 2.93. The van der Waals surface area contributed by atoms with Crippen molar-refractivity contribution < 1.29 is 4.79 Å². The van der Waals surface area contributed by atoms with Crippen molar-refractivity contribution in [3.8, 4) is 0 Å². The summed E-state index contributed by atoms with van der Waals surface area (Å²) in [6.45, 7) is 0.557. The Kier molecular flexibility index (Phi) is 15.6. The Morgan fingerprint density at radius 1 is 1.36 bits per heavy atom. The quantitative estimate of drug-likeness (QED) is 0.569. The second-order valence-corrected chi connectivity index (χ2v) is 1.94. The van der Waals surface area contributed by atoms with Gasteiger partial charge in [-0.1, -0.05) is 0 Å². The van der Waals surface area contributed by atoms with Crippen molar-refractivity contribution in [1.82, 2.24) is 0 Å². The van der Waals surface area contributed by atoms with Gasteiger partial charge in [-0.15, -0.1) is 24.8 Å². The largest absolute Gasteiger partial charge is 0.368 e. The molecule has 0 aliphatic carbocycles. The Labute approximate surface area is 78.7 Å². The molecule has 0 bridgehead atoms. The van der Waals surface area contributed by atoms with E-state index >= 15 is 0 Å². The van der Waals surface area contributed by atoms with Gasteiger partial charge in [0.2, 0.25) is 5.91 Å². The lowest BCUT2D eigenvalue weighted by molar-refractivity contribution is -0.119. The van der Waals surface area contributed by atoms with Gasteiger partial charge >= 0.3 is 0 Å². The van der Waals surface area contributed by atoms with Gasteiger partial charge < -0.3 is 17.2 Å². The average Bonchev–Trinajstić information content (AvgIpc) is 1.82. The molecule has 6 N–H and O–H groups in total. The van der Waals surface area contributed by atoms with Crippen molar-refractivity contribution in [3.05, 3.63) is 0 Å². The van der Waals surface area contributed by atoms with E-state index < -0.39 is 11.9 Å². The van der Waals surface area contributed by atoms with E-state index in [4.69, 9.17) is 17.2 Å². The summed E-state index contributed by atoms with van der Waals surface area (Å²) < 4.78 is 0. The Morgan fingerprint density at radius 3 is 2.09 bits per heavy atom. The van der Waals surface area contributed by atoms with Crippen LogP contribution in [0.15, 0.2) is 0 Å². The number of nitrogens with two attached hydrogens (primary N) is 3. The molecule has 0 saturated carbocycles. The van der Waals surface area contributed by atoms with Crippen molar-refractivity contribution in [1.29, 1.82) is 0 Å². The van der Waals surface area contributed by atoms with Crippen LogP contribution in [0.25, 0.3) is 0 Å². The molecule has 0 heterocycles. The van der Waals surface area contributed by atoms with Crippen LogP contribution in [0.1, 0.15) is 12.8 Å². The molecule has 6 heteroatoms. The van der Waals surface area contributed by atoms with E-state index in [-0.39, 0.29) is 24.8 Å². The number of rotatable bonds is 4. The maximum Gasteiger partial charge on any atom is 0.234 e. The zero-order valence-electron chi connectivity index (χ0n) is 6.16. The minimum absolute atomic E-state index is 0. The van der Waals surface area contributed by atoms with Gasteiger partial charge in [-0.3, -0.25) is 4.79 Å². The standard InChI is InChI=1S/C5H13N3O.2ClH/c6-3-1-2-4(7)5(8)9;;/h4H,1-3,6-7H2,(H2,8,9);2*1H. The first kappa shape index (κ1) is 17.2. The van der Waals surface area contributed by atoms with E-state index in [2.05, 4.69) is 0 Å². The van der Waals surface area contributed by atoms with Crippen LogP contribution in [0, 0.1) is 0 Å². The molecule has 0 radical (unpaired) electrons. The van der Waals surface area contributed by atoms with Gasteiger partial charge in [0.25, 0.3) is 0 Å². The highest BCUT2D eigenvalue weighted by Gasteiger charge is 2.06. The molecule has 70 valence electrons. The van der Waals surface area contributed by atoms with Crippen molar-refractivity contribution in [2.45, 2.75) is 18.9 Å². The van der Waals surface area contributed by atoms with Crippen molar-refractivity contribution in [3.63, 3.8) is 0 Å². The SMILES string of the molecule is Cl.Cl.NCCCC(N)C(N)=O. The molecular formula is C5H15Cl2N3O. The van der Waals surface area contributed by atoms with Crippen LogP contribution in [0.4, 0.5) is 0 Å². The topological polar surface area (TPSA) is 95.1 Å². The fraction of sp³-hybridized carbons (Fsp3) is 0.800. The molecule has 0 rings (SSSR count). The van der Waals surface area contributed by atoms with Gasteiger partial charge in [-0.05, 0) is 19.4 Å². The minimum Gasteiger partial charge on any atom is -0.368 e. The lowest BCUT2D eigenvalue weighted by Crippen LogP contribution is -2.36. The van der Waals surface area contributed by atoms with E-state index in [0.717, 1.165) is 6.42 Å². The number of hydrogen-bond donors (Lipinski definition) is 3. The molecule has 1 unspecified atom stereocenters. The number of halogens is 2. The Morgan fingerprint density at radius 2 is 1.82 bits per heavy atom. The van der Waals surface area contributed by atoms with E-state index in [1.807, 2.05) is 0 Å². The summed E-state index contributed by atoms with van der Waals surface area (Å²) in [6, 6.07) is -0.520. The monoisotopic (exact) mass is 203 g/mol. The van der Waals surface area contributed by atoms with Crippen LogP contribution in [-0.4, -0.2) is 18.5 Å². The van der Waals surface area contributed by atoms with Gasteiger partial charge in [-0.2, -0.15) is 0 Å². The summed E-state index contributed by atoms with van der Waals surface area (Å²) in [5.41, 5.74) is 15.3. The van der Waals surface area contributed by atoms with Gasteiger partial charge in [0.15, 0.2) is 0 Å². The molecule has 0 aromatic carbocycles. The summed E-state index contributed by atoms with van der Waals surface area (Å²) >= 11 is 0. The third kappa shape index (κ3) is 9.97. The number of carbonyl (C=O) groups is 1. The first-order chi connectivity index (χ1) is 4.18. The van der Waals surface area contributed by atoms with Gasteiger partial charge in [-0.25, -0.2) is 0 Å². The molecule has 0 aliphatic heterocycles. The maximum atomic E-state index is 10.3. The van der Waals surface area contributed by atoms with Crippen molar-refractivity contribution in [2.75, 3.05) is 6.54 Å². The maximum absolute atomic E-state index is 10.3. The van der Waals surface area contributed by atoms with Crippen molar-refractivity contribution in [2.24, 2.45) is 17.2 Å². The fourth-order valence-electron chi connectivity index (χ4n) is 0.480. The number of primary amides is 1. The third-order valence-corrected chi connectivity index (χ3v) is 1.08. The predicted octanol–water partition coefficient (Wildman–Crippen LogP) is -0.619. The van der Waals surface area contributed by atoms with Crippen LogP contribution >= 0.6 is 24.8 Å². The Balaban J connectivity index is -0.000000320. The third-order valence-electron chi connectivity index (χ3n) is 1.08. The van der Waals surface area contributed by atoms with E-state index in [0.29, 0.717) is 13.0 Å². The highest BCUT2D eigenvalue weighted by atomic mass is 35.5. The summed E-state index contributed by atoms with van der Waals surface area (Å²) in [5, 5.41) is 0. The average molecular weight is 204 g/mol. The first-order valence-corrected chi connectivity index (χ1v) is 2.93. The molecule has 4 nitrogen and oxygen atoms in total. The van der Waals surface area contributed by atoms with Gasteiger partial charge in [0.05, 0.1) is 6.04 Å². The van der Waals surface area contributed by atoms with E-state index in [1.165, 1.54) is 0 Å². The fourth-order valence-corrected chi connectivity index (χ4v) is 0.480. The predicted molar refractivity (Wildman–Crippen MR) is 50.0 cm³/mol. The van der Waals surface area contributed by atoms with Crippen LogP contribution in [0.3, 0.4) is 0 Å². The molecule has 0 aliphatic rings. The van der Waals surface area contributed by atoms with Gasteiger partial charge in [0.1, 0.15) is 0 Å². The summed E-state index contributed by atoms with van der Waals surface area (Å²) in [4.78, 5) is 10.3. The normalized spacial score (nSPS) is 10.7. The second-order valence-electron chi connectivity index (χ2n) is 1.94. The number of hydrogen-bond acceptors (Lipinski definition) is 3. The van der Waals surface area contributed by atoms with Crippen LogP contribution in [-0.2, 0) is 4.79 Å². The lowest BCUT2D eigenvalue weighted by Gasteiger charge is -2.03. The van der Waals surface area contributed by atoms with E-state index in [1.54, 1.807) is 0 Å². The Bertz CT molecular complexity index is 102. The number of amides is 1. The van der Waals surface area contributed by atoms with Gasteiger partial charge in [0, 0.05) is 0 Å². The number of carbonyl (C=O) groups excluding carboxylic acids is 1. The molecule has 1 amide bonds. The highest BCUT2D eigenvalue weighted by molar-refractivity contribution is 5.85. The highest BCUT2D eigenvalue weighted by Crippen LogP contribution is 1.89. The molecular weight excluding hydrogens is 189 g/mol. The Hall–Kier alpha value is -0.0300. The van der Waals surface area contributed by atoms with Crippen LogP contribution < -0.4 is 17.2 Å². The molecule has 0 saturated heterocycles. The minimum atomic E-state index is -0.520. The zero-order chi connectivity index (χ0) is 7.28. The second kappa shape index (κ2) is 9.97. The zero-order valence-corrected chi connectivity index (χ0v) is 7.79. The van der Waals surface area contributed by atoms with Crippen molar-refractivity contribution >= 4 is 30.7 Å². The smallest absolute Gasteiger partial charge is 0.234 e. The lowest BCUT2D eigenvalue weighted by atomic mass is 10.1. The van der Waals surface area contributed by atoms with Crippen LogP contribution in [0.5, 0.6) is 0 Å². The molecule has 11 heavy (non-hydrogen) atoms. The summed E-state index contributed by atoms with van der Waals surface area (Å²) in [5.74, 6) is -0.455. The molecule has 0 aromatic rings. The molecule has 0 fully saturated rings. The molecule has 0 spiro atoms. The van der Waals surface area contributed by atoms with E-state index in [9.17, 15) is 4.79 Å². The molecule has 0 aromatic heterocycles. The molecule has 1 atom stereocenters.